The van der Waals surface area contributed by atoms with E-state index in [1.54, 1.807) is 30.3 Å². The van der Waals surface area contributed by atoms with Gasteiger partial charge in [0.25, 0.3) is 16.8 Å². The minimum Gasteiger partial charge on any atom is -0.494 e. The summed E-state index contributed by atoms with van der Waals surface area (Å²) in [5.41, 5.74) is 0.722. The normalized spacial score (nSPS) is 14.8. The van der Waals surface area contributed by atoms with E-state index >= 15 is 0 Å². The Labute approximate surface area is 189 Å². The molecule has 1 heterocycles. The van der Waals surface area contributed by atoms with Crippen LogP contribution in [0.15, 0.2) is 51.8 Å². The average molecular weight is 506 g/mol. The van der Waals surface area contributed by atoms with Crippen molar-refractivity contribution in [3.8, 4) is 5.75 Å². The van der Waals surface area contributed by atoms with E-state index in [0.717, 1.165) is 4.90 Å². The fraction of sp³-hybridized carbons (Fsp3) is 0.150. The van der Waals surface area contributed by atoms with Crippen LogP contribution in [0.4, 0.5) is 16.2 Å². The Hall–Kier alpha value is -3.18. The van der Waals surface area contributed by atoms with Crippen LogP contribution in [0, 0.1) is 10.1 Å². The molecule has 3 amide bonds. The number of ether oxygens (including phenoxy) is 1. The summed E-state index contributed by atoms with van der Waals surface area (Å²) in [4.78, 5) is 48.5. The van der Waals surface area contributed by atoms with Crippen LogP contribution in [0.5, 0.6) is 5.75 Å². The van der Waals surface area contributed by atoms with Gasteiger partial charge in [0, 0.05) is 11.8 Å². The van der Waals surface area contributed by atoms with Crippen molar-refractivity contribution >= 4 is 62.2 Å². The maximum Gasteiger partial charge on any atom is 0.294 e. The summed E-state index contributed by atoms with van der Waals surface area (Å²) in [7, 11) is 0. The number of nitro benzene ring substituents is 1. The number of amides is 3. The summed E-state index contributed by atoms with van der Waals surface area (Å²) < 4.78 is 5.63. The lowest BCUT2D eigenvalue weighted by molar-refractivity contribution is -0.385. The van der Waals surface area contributed by atoms with Gasteiger partial charge in [-0.3, -0.25) is 29.4 Å². The molecule has 0 spiro atoms. The summed E-state index contributed by atoms with van der Waals surface area (Å²) >= 11 is 3.76. The number of carbonyl (C=O) groups is 3. The Bertz CT molecular complexity index is 1090. The standard InChI is InChI=1S/C20H16BrN3O6S/c1-2-30-14-6-4-13(5-7-14)22-18(25)11-23-19(26)17(31-20(23)27)10-12-3-8-15(21)16(9-12)24(28)29/h3-10H,2,11H2,1H3,(H,22,25)/b17-10-. The molecule has 160 valence electrons. The molecule has 1 aliphatic rings. The fourth-order valence-electron chi connectivity index (χ4n) is 2.69. The largest absolute Gasteiger partial charge is 0.494 e. The van der Waals surface area contributed by atoms with E-state index in [2.05, 4.69) is 21.2 Å². The smallest absolute Gasteiger partial charge is 0.294 e. The van der Waals surface area contributed by atoms with Crippen LogP contribution in [0.3, 0.4) is 0 Å². The van der Waals surface area contributed by atoms with Gasteiger partial charge in [0.15, 0.2) is 0 Å². The van der Waals surface area contributed by atoms with Gasteiger partial charge < -0.3 is 10.1 Å². The van der Waals surface area contributed by atoms with Gasteiger partial charge in [-0.25, -0.2) is 0 Å². The van der Waals surface area contributed by atoms with Crippen molar-refractivity contribution in [1.29, 1.82) is 0 Å². The maximum absolute atomic E-state index is 12.6. The van der Waals surface area contributed by atoms with Gasteiger partial charge >= 0.3 is 0 Å². The Morgan fingerprint density at radius 2 is 1.97 bits per heavy atom. The first-order valence-corrected chi connectivity index (χ1v) is 10.6. The first kappa shape index (κ1) is 22.5. The van der Waals surface area contributed by atoms with Crippen LogP contribution in [-0.2, 0) is 9.59 Å². The molecular formula is C20H16BrN3O6S. The number of nitrogens with zero attached hydrogens (tertiary/aromatic N) is 2. The second-order valence-electron chi connectivity index (χ2n) is 6.24. The molecule has 31 heavy (non-hydrogen) atoms. The highest BCUT2D eigenvalue weighted by Crippen LogP contribution is 2.33. The van der Waals surface area contributed by atoms with E-state index in [9.17, 15) is 24.5 Å². The Morgan fingerprint density at radius 3 is 2.61 bits per heavy atom. The number of thioether (sulfide) groups is 1. The van der Waals surface area contributed by atoms with Crippen LogP contribution in [0.25, 0.3) is 6.08 Å². The summed E-state index contributed by atoms with van der Waals surface area (Å²) in [6, 6.07) is 11.0. The number of hydrogen-bond donors (Lipinski definition) is 1. The zero-order chi connectivity index (χ0) is 22.5. The van der Waals surface area contributed by atoms with E-state index in [0.29, 0.717) is 39.8 Å². The first-order valence-electron chi connectivity index (χ1n) is 9.00. The number of rotatable bonds is 7. The number of carbonyl (C=O) groups excluding carboxylic acids is 3. The second kappa shape index (κ2) is 9.75. The third-order valence-corrected chi connectivity index (χ3v) is 5.67. The number of hydrogen-bond acceptors (Lipinski definition) is 7. The molecule has 11 heteroatoms. The molecule has 0 bridgehead atoms. The van der Waals surface area contributed by atoms with Crippen LogP contribution >= 0.6 is 27.7 Å². The predicted molar refractivity (Wildman–Crippen MR) is 120 cm³/mol. The summed E-state index contributed by atoms with van der Waals surface area (Å²) in [6.07, 6.45) is 1.38. The van der Waals surface area contributed by atoms with Gasteiger partial charge in [-0.15, -0.1) is 0 Å². The number of halogens is 1. The van der Waals surface area contributed by atoms with Crippen molar-refractivity contribution < 1.29 is 24.0 Å². The van der Waals surface area contributed by atoms with Crippen molar-refractivity contribution in [3.63, 3.8) is 0 Å². The Balaban J connectivity index is 1.68. The highest BCUT2D eigenvalue weighted by atomic mass is 79.9. The van der Waals surface area contributed by atoms with Crippen molar-refractivity contribution in [3.05, 3.63) is 67.5 Å². The van der Waals surface area contributed by atoms with Crippen LogP contribution < -0.4 is 10.1 Å². The van der Waals surface area contributed by atoms with Crippen molar-refractivity contribution in [1.82, 2.24) is 4.90 Å². The van der Waals surface area contributed by atoms with Crippen LogP contribution in [0.1, 0.15) is 12.5 Å². The summed E-state index contributed by atoms with van der Waals surface area (Å²) in [5.74, 6) is -0.515. The SMILES string of the molecule is CCOc1ccc(NC(=O)CN2C(=O)S/C(=C\c3ccc(Br)c([N+](=O)[O-])c3)C2=O)cc1. The van der Waals surface area contributed by atoms with Crippen LogP contribution in [-0.4, -0.2) is 40.0 Å². The van der Waals surface area contributed by atoms with E-state index in [1.165, 1.54) is 18.2 Å². The molecule has 2 aromatic carbocycles. The third kappa shape index (κ3) is 5.50. The highest BCUT2D eigenvalue weighted by Gasteiger charge is 2.36. The zero-order valence-corrected chi connectivity index (χ0v) is 18.6. The average Bonchev–Trinajstić information content (AvgIpc) is 2.98. The first-order chi connectivity index (χ1) is 14.8. The lowest BCUT2D eigenvalue weighted by Gasteiger charge is -2.12. The maximum atomic E-state index is 12.6. The molecule has 3 rings (SSSR count). The molecule has 1 fully saturated rings. The minimum absolute atomic E-state index is 0.0792. The number of nitrogens with one attached hydrogen (secondary N) is 1. The zero-order valence-electron chi connectivity index (χ0n) is 16.2. The van der Waals surface area contributed by atoms with Gasteiger partial charge in [-0.2, -0.15) is 0 Å². The highest BCUT2D eigenvalue weighted by molar-refractivity contribution is 9.10. The Kier molecular flexibility index (Phi) is 7.08. The molecule has 1 N–H and O–H groups in total. The molecule has 0 atom stereocenters. The van der Waals surface area contributed by atoms with Gasteiger partial charge in [0.1, 0.15) is 12.3 Å². The minimum atomic E-state index is -0.637. The van der Waals surface area contributed by atoms with Crippen molar-refractivity contribution in [2.24, 2.45) is 0 Å². The van der Waals surface area contributed by atoms with E-state index < -0.39 is 28.5 Å². The van der Waals surface area contributed by atoms with E-state index in [1.807, 2.05) is 6.92 Å². The van der Waals surface area contributed by atoms with E-state index in [-0.39, 0.29) is 10.6 Å². The number of benzene rings is 2. The van der Waals surface area contributed by atoms with Crippen molar-refractivity contribution in [2.75, 3.05) is 18.5 Å². The molecule has 0 radical (unpaired) electrons. The van der Waals surface area contributed by atoms with Gasteiger partial charge in [0.05, 0.1) is 20.9 Å². The van der Waals surface area contributed by atoms with E-state index in [4.69, 9.17) is 4.74 Å². The summed E-state index contributed by atoms with van der Waals surface area (Å²) in [6.45, 7) is 1.93. The summed E-state index contributed by atoms with van der Waals surface area (Å²) in [5, 5.41) is 13.1. The molecule has 0 aliphatic carbocycles. The quantitative estimate of drug-likeness (QED) is 0.335. The number of imide groups is 1. The third-order valence-electron chi connectivity index (χ3n) is 4.09. The molecule has 0 unspecified atom stereocenters. The van der Waals surface area contributed by atoms with Gasteiger partial charge in [-0.1, -0.05) is 6.07 Å². The molecule has 2 aromatic rings. The molecule has 0 saturated carbocycles. The molecule has 0 aromatic heterocycles. The number of anilines is 1. The molecular weight excluding hydrogens is 490 g/mol. The monoisotopic (exact) mass is 505 g/mol. The second-order valence-corrected chi connectivity index (χ2v) is 8.09. The Morgan fingerprint density at radius 1 is 1.26 bits per heavy atom. The lowest BCUT2D eigenvalue weighted by atomic mass is 10.2. The van der Waals surface area contributed by atoms with Crippen molar-refractivity contribution in [2.45, 2.75) is 6.92 Å². The fourth-order valence-corrected chi connectivity index (χ4v) is 3.92. The predicted octanol–water partition coefficient (Wildman–Crippen LogP) is 4.43. The lowest BCUT2D eigenvalue weighted by Crippen LogP contribution is -2.36. The molecule has 1 aliphatic heterocycles. The van der Waals surface area contributed by atoms with Crippen LogP contribution in [0.2, 0.25) is 0 Å². The molecule has 9 nitrogen and oxygen atoms in total. The van der Waals surface area contributed by atoms with Gasteiger partial charge in [-0.05, 0) is 76.6 Å². The topological polar surface area (TPSA) is 119 Å². The number of nitro groups is 1. The molecule has 1 saturated heterocycles. The van der Waals surface area contributed by atoms with Gasteiger partial charge in [0.2, 0.25) is 5.91 Å².